The van der Waals surface area contributed by atoms with Crippen LogP contribution in [0.1, 0.15) is 38.2 Å². The molecular formula is C20H31N3O. The molecule has 3 rings (SSSR count). The molecule has 0 spiro atoms. The summed E-state index contributed by atoms with van der Waals surface area (Å²) < 4.78 is 0. The van der Waals surface area contributed by atoms with Crippen LogP contribution in [0, 0.1) is 11.8 Å². The maximum atomic E-state index is 12.4. The van der Waals surface area contributed by atoms with Gasteiger partial charge in [-0.05, 0) is 69.5 Å². The topological polar surface area (TPSA) is 58.4 Å². The molecular weight excluding hydrogens is 298 g/mol. The minimum atomic E-state index is -0.0471. The molecule has 3 N–H and O–H groups in total. The Bertz CT molecular complexity index is 521. The van der Waals surface area contributed by atoms with E-state index in [1.807, 2.05) is 6.92 Å². The van der Waals surface area contributed by atoms with Gasteiger partial charge in [0.25, 0.3) is 0 Å². The molecule has 1 aromatic carbocycles. The predicted octanol–water partition coefficient (Wildman–Crippen LogP) is 2.18. The molecule has 4 heteroatoms. The summed E-state index contributed by atoms with van der Waals surface area (Å²) in [6.07, 6.45) is 5.96. The molecule has 0 bridgehead atoms. The van der Waals surface area contributed by atoms with Crippen LogP contribution in [0.3, 0.4) is 0 Å². The monoisotopic (exact) mass is 329 g/mol. The Morgan fingerprint density at radius 1 is 1.21 bits per heavy atom. The Morgan fingerprint density at radius 3 is 2.50 bits per heavy atom. The minimum absolute atomic E-state index is 0.0471. The number of benzene rings is 1. The minimum Gasteiger partial charge on any atom is -0.353 e. The Balaban J connectivity index is 1.39. The molecule has 1 heterocycles. The summed E-state index contributed by atoms with van der Waals surface area (Å²) in [7, 11) is 0. The molecule has 1 saturated heterocycles. The van der Waals surface area contributed by atoms with Crippen molar-refractivity contribution < 1.29 is 4.79 Å². The van der Waals surface area contributed by atoms with E-state index in [2.05, 4.69) is 40.5 Å². The van der Waals surface area contributed by atoms with Crippen LogP contribution < -0.4 is 11.1 Å². The summed E-state index contributed by atoms with van der Waals surface area (Å²) in [5.74, 6) is 1.50. The second-order valence-corrected chi connectivity index (χ2v) is 7.59. The largest absolute Gasteiger partial charge is 0.353 e. The molecule has 1 amide bonds. The first-order valence-electron chi connectivity index (χ1n) is 9.44. The summed E-state index contributed by atoms with van der Waals surface area (Å²) in [5, 5.41) is 3.05. The van der Waals surface area contributed by atoms with Gasteiger partial charge in [0.15, 0.2) is 0 Å². The molecule has 2 fully saturated rings. The van der Waals surface area contributed by atoms with Gasteiger partial charge in [0.2, 0.25) is 5.91 Å². The molecule has 0 aromatic heterocycles. The number of piperidine rings is 1. The summed E-state index contributed by atoms with van der Waals surface area (Å²) in [5.41, 5.74) is 7.50. The second-order valence-electron chi connectivity index (χ2n) is 7.59. The van der Waals surface area contributed by atoms with Gasteiger partial charge in [0.05, 0.1) is 6.04 Å². The third kappa shape index (κ3) is 4.81. The molecule has 4 nitrogen and oxygen atoms in total. The zero-order chi connectivity index (χ0) is 16.9. The smallest absolute Gasteiger partial charge is 0.237 e. The second kappa shape index (κ2) is 8.13. The SMILES string of the molecule is CC(C(=O)NCC(N)C1CC1)N1CCC(Cc2ccccc2)CC1. The van der Waals surface area contributed by atoms with E-state index >= 15 is 0 Å². The highest BCUT2D eigenvalue weighted by atomic mass is 16.2. The van der Waals surface area contributed by atoms with E-state index in [0.29, 0.717) is 12.5 Å². The Morgan fingerprint density at radius 2 is 1.88 bits per heavy atom. The van der Waals surface area contributed by atoms with Crippen molar-refractivity contribution >= 4 is 5.91 Å². The number of nitrogens with one attached hydrogen (secondary N) is 1. The van der Waals surface area contributed by atoms with Crippen molar-refractivity contribution in [2.45, 2.75) is 51.1 Å². The molecule has 24 heavy (non-hydrogen) atoms. The maximum absolute atomic E-state index is 12.4. The first-order valence-corrected chi connectivity index (χ1v) is 9.44. The number of likely N-dealkylation sites (tertiary alicyclic amines) is 1. The molecule has 2 unspecified atom stereocenters. The van der Waals surface area contributed by atoms with Gasteiger partial charge in [-0.1, -0.05) is 30.3 Å². The molecule has 1 aliphatic heterocycles. The molecule has 132 valence electrons. The Labute approximate surface area is 145 Å². The average Bonchev–Trinajstić information content (AvgIpc) is 3.45. The van der Waals surface area contributed by atoms with Crippen molar-refractivity contribution in [3.63, 3.8) is 0 Å². The number of nitrogens with zero attached hydrogens (tertiary/aromatic N) is 1. The number of nitrogens with two attached hydrogens (primary N) is 1. The van der Waals surface area contributed by atoms with Crippen LogP contribution >= 0.6 is 0 Å². The molecule has 1 aromatic rings. The lowest BCUT2D eigenvalue weighted by atomic mass is 9.89. The number of hydrogen-bond donors (Lipinski definition) is 2. The zero-order valence-electron chi connectivity index (χ0n) is 14.8. The van der Waals surface area contributed by atoms with Gasteiger partial charge in [0.1, 0.15) is 0 Å². The van der Waals surface area contributed by atoms with Crippen LogP contribution in [0.15, 0.2) is 30.3 Å². The van der Waals surface area contributed by atoms with Crippen molar-refractivity contribution in [1.82, 2.24) is 10.2 Å². The number of carbonyl (C=O) groups excluding carboxylic acids is 1. The maximum Gasteiger partial charge on any atom is 0.237 e. The van der Waals surface area contributed by atoms with E-state index in [1.165, 1.54) is 31.2 Å². The predicted molar refractivity (Wildman–Crippen MR) is 97.6 cm³/mol. The highest BCUT2D eigenvalue weighted by Crippen LogP contribution is 2.31. The zero-order valence-corrected chi connectivity index (χ0v) is 14.8. The van der Waals surface area contributed by atoms with E-state index in [4.69, 9.17) is 5.73 Å². The molecule has 2 atom stereocenters. The van der Waals surface area contributed by atoms with Crippen molar-refractivity contribution in [1.29, 1.82) is 0 Å². The molecule has 2 aliphatic rings. The number of carbonyl (C=O) groups is 1. The fourth-order valence-electron chi connectivity index (χ4n) is 3.71. The van der Waals surface area contributed by atoms with E-state index < -0.39 is 0 Å². The highest BCUT2D eigenvalue weighted by molar-refractivity contribution is 5.81. The lowest BCUT2D eigenvalue weighted by Crippen LogP contribution is -2.50. The van der Waals surface area contributed by atoms with Gasteiger partial charge in [-0.25, -0.2) is 0 Å². The summed E-state index contributed by atoms with van der Waals surface area (Å²) in [6, 6.07) is 10.8. The van der Waals surface area contributed by atoms with Gasteiger partial charge in [-0.15, -0.1) is 0 Å². The number of amides is 1. The number of hydrogen-bond acceptors (Lipinski definition) is 3. The third-order valence-corrected chi connectivity index (χ3v) is 5.68. The van der Waals surface area contributed by atoms with Crippen molar-refractivity contribution in [3.05, 3.63) is 35.9 Å². The van der Waals surface area contributed by atoms with Crippen LogP contribution in [0.4, 0.5) is 0 Å². The first-order chi connectivity index (χ1) is 11.6. The summed E-state index contributed by atoms with van der Waals surface area (Å²) in [6.45, 7) is 4.68. The Kier molecular flexibility index (Phi) is 5.90. The lowest BCUT2D eigenvalue weighted by molar-refractivity contribution is -0.126. The number of rotatable bonds is 7. The van der Waals surface area contributed by atoms with Gasteiger partial charge >= 0.3 is 0 Å². The highest BCUT2D eigenvalue weighted by Gasteiger charge is 2.30. The normalized spacial score (nSPS) is 22.1. The van der Waals surface area contributed by atoms with Gasteiger partial charge < -0.3 is 11.1 Å². The van der Waals surface area contributed by atoms with Crippen LogP contribution in [0.5, 0.6) is 0 Å². The van der Waals surface area contributed by atoms with E-state index in [9.17, 15) is 4.79 Å². The fraction of sp³-hybridized carbons (Fsp3) is 0.650. The molecule has 1 aliphatic carbocycles. The first kappa shape index (κ1) is 17.4. The third-order valence-electron chi connectivity index (χ3n) is 5.68. The molecule has 1 saturated carbocycles. The van der Waals surface area contributed by atoms with Crippen molar-refractivity contribution in [3.8, 4) is 0 Å². The summed E-state index contributed by atoms with van der Waals surface area (Å²) >= 11 is 0. The van der Waals surface area contributed by atoms with E-state index in [0.717, 1.165) is 25.4 Å². The fourth-order valence-corrected chi connectivity index (χ4v) is 3.71. The van der Waals surface area contributed by atoms with Crippen LogP contribution in [0.25, 0.3) is 0 Å². The Hall–Kier alpha value is -1.39. The van der Waals surface area contributed by atoms with Crippen LogP contribution in [-0.4, -0.2) is 42.5 Å². The average molecular weight is 329 g/mol. The van der Waals surface area contributed by atoms with Gasteiger partial charge in [-0.3, -0.25) is 9.69 Å². The van der Waals surface area contributed by atoms with Crippen LogP contribution in [0.2, 0.25) is 0 Å². The van der Waals surface area contributed by atoms with E-state index in [-0.39, 0.29) is 18.0 Å². The van der Waals surface area contributed by atoms with Crippen molar-refractivity contribution in [2.24, 2.45) is 17.6 Å². The van der Waals surface area contributed by atoms with E-state index in [1.54, 1.807) is 0 Å². The quantitative estimate of drug-likeness (QED) is 0.806. The van der Waals surface area contributed by atoms with Crippen molar-refractivity contribution in [2.75, 3.05) is 19.6 Å². The van der Waals surface area contributed by atoms with Gasteiger partial charge in [-0.2, -0.15) is 0 Å². The van der Waals surface area contributed by atoms with Crippen LogP contribution in [-0.2, 0) is 11.2 Å². The lowest BCUT2D eigenvalue weighted by Gasteiger charge is -2.35. The standard InChI is InChI=1S/C20H31N3O/c1-15(20(24)22-14-19(21)18-7-8-18)23-11-9-17(10-12-23)13-16-5-3-2-4-6-16/h2-6,15,17-19H,7-14,21H2,1H3,(H,22,24). The molecule has 0 radical (unpaired) electrons. The van der Waals surface area contributed by atoms with Gasteiger partial charge in [0, 0.05) is 12.6 Å². The summed E-state index contributed by atoms with van der Waals surface area (Å²) in [4.78, 5) is 14.7.